The van der Waals surface area contributed by atoms with Gasteiger partial charge in [-0.25, -0.2) is 4.79 Å². The number of carbonyl (C=O) groups is 1. The van der Waals surface area contributed by atoms with Gasteiger partial charge in [-0.3, -0.25) is 0 Å². The van der Waals surface area contributed by atoms with E-state index in [1.165, 1.54) is 0 Å². The second kappa shape index (κ2) is 9.39. The average Bonchev–Trinajstić information content (AvgIpc) is 2.44. The van der Waals surface area contributed by atoms with E-state index >= 15 is 0 Å². The molecule has 20 heavy (non-hydrogen) atoms. The monoisotopic (exact) mass is 295 g/mol. The van der Waals surface area contributed by atoms with Crippen molar-refractivity contribution in [1.82, 2.24) is 15.5 Å². The van der Waals surface area contributed by atoms with Gasteiger partial charge in [0.1, 0.15) is 0 Å². The summed E-state index contributed by atoms with van der Waals surface area (Å²) in [6.45, 7) is 7.70. The molecule has 5 heteroatoms. The first kappa shape index (κ1) is 16.5. The summed E-state index contributed by atoms with van der Waals surface area (Å²) in [4.78, 5) is 13.8. The molecule has 0 radical (unpaired) electrons. The number of benzene rings is 1. The number of nitrogens with zero attached hydrogens (tertiary/aromatic N) is 1. The fraction of sp³-hybridized carbons (Fsp3) is 0.400. The van der Waals surface area contributed by atoms with Crippen molar-refractivity contribution in [3.63, 3.8) is 0 Å². The second-order valence-corrected chi connectivity index (χ2v) is 4.75. The molecule has 0 fully saturated rings. The Morgan fingerprint density at radius 3 is 2.75 bits per heavy atom. The van der Waals surface area contributed by atoms with Crippen LogP contribution in [0.2, 0.25) is 5.02 Å². The van der Waals surface area contributed by atoms with Crippen molar-refractivity contribution < 1.29 is 4.79 Å². The van der Waals surface area contributed by atoms with Crippen LogP contribution in [0, 0.1) is 0 Å². The molecule has 1 rings (SSSR count). The zero-order valence-corrected chi connectivity index (χ0v) is 12.8. The summed E-state index contributed by atoms with van der Waals surface area (Å²) >= 11 is 5.87. The Labute approximate surface area is 125 Å². The van der Waals surface area contributed by atoms with E-state index in [-0.39, 0.29) is 6.03 Å². The van der Waals surface area contributed by atoms with Crippen molar-refractivity contribution >= 4 is 23.7 Å². The Hall–Kier alpha value is -1.52. The molecular weight excluding hydrogens is 274 g/mol. The van der Waals surface area contributed by atoms with Gasteiger partial charge in [0.25, 0.3) is 0 Å². The normalized spacial score (nSPS) is 11.0. The average molecular weight is 296 g/mol. The van der Waals surface area contributed by atoms with Crippen LogP contribution in [0.3, 0.4) is 0 Å². The van der Waals surface area contributed by atoms with Gasteiger partial charge in [-0.15, -0.1) is 0 Å². The van der Waals surface area contributed by atoms with Crippen LogP contribution in [-0.4, -0.2) is 37.1 Å². The number of hydrogen-bond acceptors (Lipinski definition) is 2. The molecule has 1 aromatic carbocycles. The molecule has 0 aliphatic heterocycles. The Balaban J connectivity index is 2.26. The highest BCUT2D eigenvalue weighted by Crippen LogP contribution is 2.11. The number of likely N-dealkylation sites (N-methyl/N-ethyl adjacent to an activating group) is 1. The third-order valence-electron chi connectivity index (χ3n) is 2.95. The zero-order valence-electron chi connectivity index (χ0n) is 12.0. The van der Waals surface area contributed by atoms with Crippen LogP contribution in [0.15, 0.2) is 30.5 Å². The van der Waals surface area contributed by atoms with Crippen molar-refractivity contribution in [1.29, 1.82) is 0 Å². The summed E-state index contributed by atoms with van der Waals surface area (Å²) in [6.07, 6.45) is 3.41. The summed E-state index contributed by atoms with van der Waals surface area (Å²) in [7, 11) is 0. The highest BCUT2D eigenvalue weighted by molar-refractivity contribution is 6.30. The summed E-state index contributed by atoms with van der Waals surface area (Å²) < 4.78 is 0. The molecule has 2 amide bonds. The minimum atomic E-state index is -0.199. The molecule has 0 heterocycles. The molecule has 110 valence electrons. The van der Waals surface area contributed by atoms with Crippen LogP contribution >= 0.6 is 11.6 Å². The lowest BCUT2D eigenvalue weighted by atomic mass is 10.2. The fourth-order valence-electron chi connectivity index (χ4n) is 1.74. The van der Waals surface area contributed by atoms with Gasteiger partial charge in [0.15, 0.2) is 0 Å². The standard InChI is InChI=1S/C15H22ClN3O/c1-3-19(4-2)11-10-18-15(20)17-9-8-13-6-5-7-14(16)12-13/h5-9,12H,3-4,10-11H2,1-2H3,(H2,17,18,20)/b9-8+. The van der Waals surface area contributed by atoms with E-state index in [4.69, 9.17) is 11.6 Å². The number of halogens is 1. The first-order valence-corrected chi connectivity index (χ1v) is 7.22. The van der Waals surface area contributed by atoms with E-state index in [0.29, 0.717) is 11.6 Å². The SMILES string of the molecule is CCN(CC)CCNC(=O)N/C=C/c1cccc(Cl)c1. The molecule has 4 nitrogen and oxygen atoms in total. The van der Waals surface area contributed by atoms with Crippen LogP contribution in [0.25, 0.3) is 6.08 Å². The maximum absolute atomic E-state index is 11.5. The van der Waals surface area contributed by atoms with Crippen LogP contribution in [0.1, 0.15) is 19.4 Å². The first-order valence-electron chi connectivity index (χ1n) is 6.84. The molecule has 0 unspecified atom stereocenters. The summed E-state index contributed by atoms with van der Waals surface area (Å²) in [6, 6.07) is 7.23. The predicted molar refractivity (Wildman–Crippen MR) is 84.8 cm³/mol. The van der Waals surface area contributed by atoms with Gasteiger partial charge >= 0.3 is 6.03 Å². The van der Waals surface area contributed by atoms with Crippen molar-refractivity contribution in [3.8, 4) is 0 Å². The van der Waals surface area contributed by atoms with E-state index in [1.54, 1.807) is 12.3 Å². The van der Waals surface area contributed by atoms with Crippen LogP contribution in [0.4, 0.5) is 4.79 Å². The maximum Gasteiger partial charge on any atom is 0.318 e. The Bertz CT molecular complexity index is 444. The van der Waals surface area contributed by atoms with Gasteiger partial charge in [0.05, 0.1) is 0 Å². The molecule has 2 N–H and O–H groups in total. The number of hydrogen-bond donors (Lipinski definition) is 2. The van der Waals surface area contributed by atoms with Crippen LogP contribution < -0.4 is 10.6 Å². The van der Waals surface area contributed by atoms with Crippen molar-refractivity contribution in [2.75, 3.05) is 26.2 Å². The minimum Gasteiger partial charge on any atom is -0.337 e. The molecular formula is C15H22ClN3O. The van der Waals surface area contributed by atoms with Crippen LogP contribution in [0.5, 0.6) is 0 Å². The summed E-state index contributed by atoms with van der Waals surface area (Å²) in [5, 5.41) is 6.16. The van der Waals surface area contributed by atoms with Gasteiger partial charge in [-0.1, -0.05) is 37.6 Å². The topological polar surface area (TPSA) is 44.4 Å². The van der Waals surface area contributed by atoms with E-state index in [9.17, 15) is 4.79 Å². The molecule has 0 aliphatic carbocycles. The number of urea groups is 1. The number of amides is 2. The van der Waals surface area contributed by atoms with Gasteiger partial charge in [0.2, 0.25) is 0 Å². The molecule has 1 aromatic rings. The quantitative estimate of drug-likeness (QED) is 0.812. The van der Waals surface area contributed by atoms with Gasteiger partial charge in [-0.2, -0.15) is 0 Å². The van der Waals surface area contributed by atoms with E-state index in [2.05, 4.69) is 29.4 Å². The lowest BCUT2D eigenvalue weighted by Crippen LogP contribution is -2.38. The zero-order chi connectivity index (χ0) is 14.8. The molecule has 0 aromatic heterocycles. The maximum atomic E-state index is 11.5. The third kappa shape index (κ3) is 6.59. The summed E-state index contributed by atoms with van der Waals surface area (Å²) in [5.41, 5.74) is 0.945. The molecule has 0 saturated heterocycles. The van der Waals surface area contributed by atoms with E-state index < -0.39 is 0 Å². The lowest BCUT2D eigenvalue weighted by molar-refractivity contribution is 0.240. The highest BCUT2D eigenvalue weighted by atomic mass is 35.5. The van der Waals surface area contributed by atoms with Gasteiger partial charge in [-0.05, 0) is 36.9 Å². The number of carbonyl (C=O) groups excluding carboxylic acids is 1. The lowest BCUT2D eigenvalue weighted by Gasteiger charge is -2.17. The largest absolute Gasteiger partial charge is 0.337 e. The van der Waals surface area contributed by atoms with E-state index in [0.717, 1.165) is 25.2 Å². The minimum absolute atomic E-state index is 0.199. The van der Waals surface area contributed by atoms with Gasteiger partial charge < -0.3 is 15.5 Å². The van der Waals surface area contributed by atoms with Crippen LogP contribution in [-0.2, 0) is 0 Å². The second-order valence-electron chi connectivity index (χ2n) is 4.32. The predicted octanol–water partition coefficient (Wildman–Crippen LogP) is 2.95. The van der Waals surface area contributed by atoms with E-state index in [1.807, 2.05) is 24.3 Å². The van der Waals surface area contributed by atoms with Crippen molar-refractivity contribution in [3.05, 3.63) is 41.1 Å². The first-order chi connectivity index (χ1) is 9.65. The third-order valence-corrected chi connectivity index (χ3v) is 3.18. The van der Waals surface area contributed by atoms with Crippen molar-refractivity contribution in [2.45, 2.75) is 13.8 Å². The Morgan fingerprint density at radius 2 is 2.10 bits per heavy atom. The Kier molecular flexibility index (Phi) is 7.77. The molecule has 0 bridgehead atoms. The Morgan fingerprint density at radius 1 is 1.35 bits per heavy atom. The smallest absolute Gasteiger partial charge is 0.318 e. The molecule has 0 saturated carbocycles. The van der Waals surface area contributed by atoms with Gasteiger partial charge in [0, 0.05) is 24.3 Å². The van der Waals surface area contributed by atoms with Crippen molar-refractivity contribution in [2.24, 2.45) is 0 Å². The summed E-state index contributed by atoms with van der Waals surface area (Å²) in [5.74, 6) is 0. The molecule has 0 atom stereocenters. The molecule has 0 aliphatic rings. The number of nitrogens with one attached hydrogen (secondary N) is 2. The molecule has 0 spiro atoms. The fourth-order valence-corrected chi connectivity index (χ4v) is 1.94. The highest BCUT2D eigenvalue weighted by Gasteiger charge is 2.00. The number of rotatable bonds is 7.